The molecule has 2 rings (SSSR count). The first-order chi connectivity index (χ1) is 8.72. The summed E-state index contributed by atoms with van der Waals surface area (Å²) in [5, 5.41) is 0. The Morgan fingerprint density at radius 3 is 2.94 bits per heavy atom. The lowest BCUT2D eigenvalue weighted by Gasteiger charge is -2.09. The van der Waals surface area contributed by atoms with Gasteiger partial charge < -0.3 is 9.30 Å². The zero-order chi connectivity index (χ0) is 13.0. The van der Waals surface area contributed by atoms with Gasteiger partial charge in [-0.05, 0) is 24.5 Å². The second-order valence-electron chi connectivity index (χ2n) is 4.97. The molecule has 4 nitrogen and oxygen atoms in total. The first-order valence-corrected chi connectivity index (χ1v) is 6.51. The van der Waals surface area contributed by atoms with Crippen molar-refractivity contribution in [1.82, 2.24) is 14.5 Å². The van der Waals surface area contributed by atoms with Crippen LogP contribution in [0, 0.1) is 5.92 Å². The summed E-state index contributed by atoms with van der Waals surface area (Å²) in [5.74, 6) is 1.73. The minimum atomic E-state index is 0.600. The Morgan fingerprint density at radius 1 is 1.39 bits per heavy atom. The lowest BCUT2D eigenvalue weighted by atomic mass is 10.1. The van der Waals surface area contributed by atoms with Crippen molar-refractivity contribution in [2.45, 2.75) is 33.2 Å². The number of fused-ring (bicyclic) bond motifs is 1. The second-order valence-corrected chi connectivity index (χ2v) is 4.97. The van der Waals surface area contributed by atoms with Crippen LogP contribution in [0.25, 0.3) is 11.2 Å². The Hall–Kier alpha value is -1.42. The monoisotopic (exact) mass is 247 g/mol. The third-order valence-electron chi connectivity index (χ3n) is 2.90. The Balaban J connectivity index is 2.31. The molecule has 0 aromatic carbocycles. The topological polar surface area (TPSA) is 39.9 Å². The SMILES string of the molecule is COCCCn1c(CC(C)C)nc2cccnc21. The zero-order valence-electron chi connectivity index (χ0n) is 11.4. The van der Waals surface area contributed by atoms with Gasteiger partial charge in [0.15, 0.2) is 5.65 Å². The van der Waals surface area contributed by atoms with Gasteiger partial charge in [0.05, 0.1) is 0 Å². The molecule has 0 aliphatic carbocycles. The molecule has 0 N–H and O–H groups in total. The van der Waals surface area contributed by atoms with Crippen LogP contribution in [0.3, 0.4) is 0 Å². The molecule has 18 heavy (non-hydrogen) atoms. The molecule has 2 aromatic rings. The first kappa shape index (κ1) is 13.0. The fourth-order valence-corrected chi connectivity index (χ4v) is 2.13. The van der Waals surface area contributed by atoms with E-state index in [9.17, 15) is 0 Å². The number of rotatable bonds is 6. The highest BCUT2D eigenvalue weighted by molar-refractivity contribution is 5.71. The van der Waals surface area contributed by atoms with E-state index >= 15 is 0 Å². The van der Waals surface area contributed by atoms with Gasteiger partial charge >= 0.3 is 0 Å². The summed E-state index contributed by atoms with van der Waals surface area (Å²) in [6.45, 7) is 6.12. The second kappa shape index (κ2) is 5.96. The van der Waals surface area contributed by atoms with Gasteiger partial charge in [-0.2, -0.15) is 0 Å². The van der Waals surface area contributed by atoms with Gasteiger partial charge in [-0.15, -0.1) is 0 Å². The van der Waals surface area contributed by atoms with E-state index in [0.29, 0.717) is 5.92 Å². The summed E-state index contributed by atoms with van der Waals surface area (Å²) < 4.78 is 7.35. The molecule has 0 bridgehead atoms. The highest BCUT2D eigenvalue weighted by Crippen LogP contribution is 2.16. The number of pyridine rings is 1. The van der Waals surface area contributed by atoms with Crippen molar-refractivity contribution in [1.29, 1.82) is 0 Å². The van der Waals surface area contributed by atoms with Crippen LogP contribution < -0.4 is 0 Å². The van der Waals surface area contributed by atoms with Gasteiger partial charge in [0.1, 0.15) is 11.3 Å². The van der Waals surface area contributed by atoms with Crippen LogP contribution in [-0.4, -0.2) is 28.3 Å². The van der Waals surface area contributed by atoms with E-state index in [-0.39, 0.29) is 0 Å². The van der Waals surface area contributed by atoms with E-state index in [0.717, 1.165) is 43.0 Å². The van der Waals surface area contributed by atoms with Gasteiger partial charge in [-0.1, -0.05) is 13.8 Å². The fraction of sp³-hybridized carbons (Fsp3) is 0.571. The standard InChI is InChI=1S/C14H21N3O/c1-11(2)10-13-16-12-6-4-7-15-14(12)17(13)8-5-9-18-3/h4,6-7,11H,5,8-10H2,1-3H3. The third-order valence-corrected chi connectivity index (χ3v) is 2.90. The van der Waals surface area contributed by atoms with Crippen LogP contribution in [0.1, 0.15) is 26.1 Å². The van der Waals surface area contributed by atoms with Crippen LogP contribution in [0.5, 0.6) is 0 Å². The van der Waals surface area contributed by atoms with Crippen LogP contribution in [-0.2, 0) is 17.7 Å². The summed E-state index contributed by atoms with van der Waals surface area (Å²) >= 11 is 0. The van der Waals surface area contributed by atoms with Gasteiger partial charge in [0.25, 0.3) is 0 Å². The quantitative estimate of drug-likeness (QED) is 0.737. The number of hydrogen-bond donors (Lipinski definition) is 0. The maximum Gasteiger partial charge on any atom is 0.159 e. The minimum Gasteiger partial charge on any atom is -0.385 e. The Kier molecular flexibility index (Phi) is 4.31. The lowest BCUT2D eigenvalue weighted by Crippen LogP contribution is -2.09. The number of imidazole rings is 1. The van der Waals surface area contributed by atoms with E-state index in [1.54, 1.807) is 7.11 Å². The summed E-state index contributed by atoms with van der Waals surface area (Å²) in [4.78, 5) is 9.14. The predicted octanol–water partition coefficient (Wildman–Crippen LogP) is 2.67. The van der Waals surface area contributed by atoms with Crippen molar-refractivity contribution in [3.05, 3.63) is 24.2 Å². The number of methoxy groups -OCH3 is 1. The highest BCUT2D eigenvalue weighted by Gasteiger charge is 2.12. The first-order valence-electron chi connectivity index (χ1n) is 6.51. The highest BCUT2D eigenvalue weighted by atomic mass is 16.5. The van der Waals surface area contributed by atoms with Crippen LogP contribution in [0.2, 0.25) is 0 Å². The molecule has 0 radical (unpaired) electrons. The molecule has 0 fully saturated rings. The molecule has 0 saturated carbocycles. The largest absolute Gasteiger partial charge is 0.385 e. The third kappa shape index (κ3) is 2.88. The van der Waals surface area contributed by atoms with Gasteiger partial charge in [-0.3, -0.25) is 0 Å². The van der Waals surface area contributed by atoms with Crippen molar-refractivity contribution < 1.29 is 4.74 Å². The maximum absolute atomic E-state index is 5.12. The van der Waals surface area contributed by atoms with Crippen molar-refractivity contribution in [3.63, 3.8) is 0 Å². The zero-order valence-corrected chi connectivity index (χ0v) is 11.4. The summed E-state index contributed by atoms with van der Waals surface area (Å²) in [6, 6.07) is 3.97. The number of ether oxygens (including phenoxy) is 1. The number of nitrogens with zero attached hydrogens (tertiary/aromatic N) is 3. The average molecular weight is 247 g/mol. The number of aromatic nitrogens is 3. The molecule has 0 amide bonds. The van der Waals surface area contributed by atoms with Crippen molar-refractivity contribution in [2.75, 3.05) is 13.7 Å². The maximum atomic E-state index is 5.12. The van der Waals surface area contributed by atoms with Crippen LogP contribution >= 0.6 is 0 Å². The molecular weight excluding hydrogens is 226 g/mol. The molecule has 4 heteroatoms. The normalized spacial score (nSPS) is 11.6. The molecule has 0 unspecified atom stereocenters. The van der Waals surface area contributed by atoms with Crippen molar-refractivity contribution in [3.8, 4) is 0 Å². The Bertz CT molecular complexity index is 505. The average Bonchev–Trinajstić information content (AvgIpc) is 2.67. The van der Waals surface area contributed by atoms with Crippen LogP contribution in [0.15, 0.2) is 18.3 Å². The molecule has 0 spiro atoms. The van der Waals surface area contributed by atoms with Crippen molar-refractivity contribution in [2.24, 2.45) is 5.92 Å². The molecule has 98 valence electrons. The molecule has 0 saturated heterocycles. The van der Waals surface area contributed by atoms with E-state index in [2.05, 4.69) is 23.4 Å². The molecule has 2 heterocycles. The van der Waals surface area contributed by atoms with E-state index < -0.39 is 0 Å². The van der Waals surface area contributed by atoms with E-state index in [4.69, 9.17) is 9.72 Å². The molecule has 0 aliphatic rings. The number of hydrogen-bond acceptors (Lipinski definition) is 3. The smallest absolute Gasteiger partial charge is 0.159 e. The lowest BCUT2D eigenvalue weighted by molar-refractivity contribution is 0.190. The van der Waals surface area contributed by atoms with E-state index in [1.807, 2.05) is 18.3 Å². The predicted molar refractivity (Wildman–Crippen MR) is 72.6 cm³/mol. The number of aryl methyl sites for hydroxylation is 1. The minimum absolute atomic E-state index is 0.600. The van der Waals surface area contributed by atoms with Gasteiger partial charge in [-0.25, -0.2) is 9.97 Å². The molecule has 0 atom stereocenters. The molecular formula is C14H21N3O. The summed E-state index contributed by atoms with van der Waals surface area (Å²) in [7, 11) is 1.74. The van der Waals surface area contributed by atoms with Crippen molar-refractivity contribution >= 4 is 11.2 Å². The van der Waals surface area contributed by atoms with Gasteiger partial charge in [0.2, 0.25) is 0 Å². The Labute approximate surface area is 108 Å². The molecule has 0 aliphatic heterocycles. The Morgan fingerprint density at radius 2 is 2.22 bits per heavy atom. The van der Waals surface area contributed by atoms with Crippen LogP contribution in [0.4, 0.5) is 0 Å². The summed E-state index contributed by atoms with van der Waals surface area (Å²) in [6.07, 6.45) is 3.81. The van der Waals surface area contributed by atoms with E-state index in [1.165, 1.54) is 0 Å². The summed E-state index contributed by atoms with van der Waals surface area (Å²) in [5.41, 5.74) is 1.98. The fourth-order valence-electron chi connectivity index (χ4n) is 2.13. The van der Waals surface area contributed by atoms with Gasteiger partial charge in [0, 0.05) is 32.9 Å². The molecule has 2 aromatic heterocycles.